The van der Waals surface area contributed by atoms with Gasteiger partial charge in [-0.1, -0.05) is 0 Å². The Morgan fingerprint density at radius 1 is 1.19 bits per heavy atom. The summed E-state index contributed by atoms with van der Waals surface area (Å²) in [5.41, 5.74) is 1.58. The van der Waals surface area contributed by atoms with Crippen molar-refractivity contribution in [2.24, 2.45) is 0 Å². The monoisotopic (exact) mass is 431 g/mol. The normalized spacial score (nSPS) is 13.6. The van der Waals surface area contributed by atoms with Crippen LogP contribution in [-0.4, -0.2) is 41.6 Å². The van der Waals surface area contributed by atoms with Gasteiger partial charge in [-0.2, -0.15) is 5.10 Å². The molecule has 0 saturated heterocycles. The second-order valence-electron chi connectivity index (χ2n) is 7.29. The van der Waals surface area contributed by atoms with E-state index in [0.717, 1.165) is 12.8 Å². The molecule has 31 heavy (non-hydrogen) atoms. The fraction of sp³-hybridized carbons (Fsp3) is 0.409. The van der Waals surface area contributed by atoms with Gasteiger partial charge in [0.25, 0.3) is 6.43 Å². The van der Waals surface area contributed by atoms with E-state index in [1.165, 1.54) is 25.0 Å². The number of fused-ring (bicyclic) bond motifs is 1. The molecule has 0 bridgehead atoms. The molecule has 0 atom stereocenters. The molecule has 2 heterocycles. The van der Waals surface area contributed by atoms with E-state index in [9.17, 15) is 13.6 Å². The van der Waals surface area contributed by atoms with Crippen LogP contribution in [0.4, 0.5) is 8.78 Å². The zero-order valence-corrected chi connectivity index (χ0v) is 17.5. The van der Waals surface area contributed by atoms with E-state index >= 15 is 0 Å². The first-order valence-electron chi connectivity index (χ1n) is 10.0. The van der Waals surface area contributed by atoms with Crippen LogP contribution in [0.3, 0.4) is 0 Å². The van der Waals surface area contributed by atoms with E-state index in [1.807, 2.05) is 0 Å². The second kappa shape index (κ2) is 8.49. The predicted molar refractivity (Wildman–Crippen MR) is 110 cm³/mol. The maximum absolute atomic E-state index is 14.1. The van der Waals surface area contributed by atoms with Gasteiger partial charge in [-0.15, -0.1) is 0 Å². The van der Waals surface area contributed by atoms with Crippen LogP contribution in [0.2, 0.25) is 0 Å². The Bertz CT molecular complexity index is 1130. The number of ether oxygens (including phenoxy) is 3. The molecule has 0 amide bonds. The molecule has 1 aliphatic carbocycles. The van der Waals surface area contributed by atoms with Crippen LogP contribution in [0.15, 0.2) is 24.3 Å². The molecule has 2 aromatic heterocycles. The van der Waals surface area contributed by atoms with E-state index < -0.39 is 12.4 Å². The highest BCUT2D eigenvalue weighted by Crippen LogP contribution is 2.45. The van der Waals surface area contributed by atoms with E-state index in [1.54, 1.807) is 25.1 Å². The fourth-order valence-electron chi connectivity index (χ4n) is 3.62. The summed E-state index contributed by atoms with van der Waals surface area (Å²) < 4.78 is 45.2. The molecule has 3 aromatic rings. The number of alkyl halides is 2. The van der Waals surface area contributed by atoms with E-state index in [4.69, 9.17) is 14.2 Å². The summed E-state index contributed by atoms with van der Waals surface area (Å²) in [6, 6.07) is 6.47. The first-order valence-corrected chi connectivity index (χ1v) is 10.0. The number of nitrogens with zero attached hydrogens (tertiary/aromatic N) is 3. The quantitative estimate of drug-likeness (QED) is 0.489. The Hall–Kier alpha value is -3.23. The highest BCUT2D eigenvalue weighted by molar-refractivity contribution is 5.87. The van der Waals surface area contributed by atoms with Gasteiger partial charge in [0, 0.05) is 17.0 Å². The number of hydrogen-bond acceptors (Lipinski definition) is 6. The van der Waals surface area contributed by atoms with Crippen LogP contribution in [0.1, 0.15) is 43.4 Å². The summed E-state index contributed by atoms with van der Waals surface area (Å²) in [5, 5.41) is 4.81. The smallest absolute Gasteiger partial charge is 0.327 e. The first kappa shape index (κ1) is 21.0. The van der Waals surface area contributed by atoms with Crippen molar-refractivity contribution in [2.45, 2.75) is 38.7 Å². The number of hydrogen-bond donors (Lipinski definition) is 0. The van der Waals surface area contributed by atoms with Crippen molar-refractivity contribution in [3.63, 3.8) is 0 Å². The summed E-state index contributed by atoms with van der Waals surface area (Å²) in [7, 11) is 3.02. The number of rotatable bonds is 8. The van der Waals surface area contributed by atoms with Crippen LogP contribution in [-0.2, 0) is 16.1 Å². The van der Waals surface area contributed by atoms with Gasteiger partial charge < -0.3 is 14.2 Å². The molecule has 7 nitrogen and oxygen atoms in total. The number of carbonyl (C=O) groups excluding carboxylic acids is 1. The summed E-state index contributed by atoms with van der Waals surface area (Å²) >= 11 is 0. The van der Waals surface area contributed by atoms with Gasteiger partial charge in [-0.05, 0) is 44.0 Å². The molecule has 1 aliphatic rings. The van der Waals surface area contributed by atoms with Gasteiger partial charge in [-0.3, -0.25) is 4.79 Å². The zero-order valence-electron chi connectivity index (χ0n) is 17.5. The standard InChI is InChI=1S/C22H23F2N3O4/c1-4-31-18(28)11-27-22-19(20(26-27)12-5-6-12)14(21(23)24)10-15(25-22)13-7-8-16(29-2)17(9-13)30-3/h7-10,12,21H,4-6,11H2,1-3H3. The predicted octanol–water partition coefficient (Wildman–Crippen LogP) is 4.49. The van der Waals surface area contributed by atoms with E-state index in [-0.39, 0.29) is 30.3 Å². The molecular weight excluding hydrogens is 408 g/mol. The highest BCUT2D eigenvalue weighted by Gasteiger charge is 2.33. The van der Waals surface area contributed by atoms with Crippen LogP contribution >= 0.6 is 0 Å². The third-order valence-corrected chi connectivity index (χ3v) is 5.22. The van der Waals surface area contributed by atoms with Gasteiger partial charge in [0.1, 0.15) is 6.54 Å². The van der Waals surface area contributed by atoms with Crippen LogP contribution in [0.5, 0.6) is 11.5 Å². The summed E-state index contributed by atoms with van der Waals surface area (Å²) in [6.07, 6.45) is -0.959. The van der Waals surface area contributed by atoms with E-state index in [2.05, 4.69) is 10.1 Å². The average molecular weight is 431 g/mol. The molecule has 1 saturated carbocycles. The molecule has 0 aliphatic heterocycles. The van der Waals surface area contributed by atoms with Gasteiger partial charge in [-0.25, -0.2) is 18.4 Å². The van der Waals surface area contributed by atoms with Crippen molar-refractivity contribution in [3.8, 4) is 22.8 Å². The Morgan fingerprint density at radius 3 is 2.55 bits per heavy atom. The zero-order chi connectivity index (χ0) is 22.1. The lowest BCUT2D eigenvalue weighted by Gasteiger charge is -2.11. The minimum Gasteiger partial charge on any atom is -0.493 e. The summed E-state index contributed by atoms with van der Waals surface area (Å²) in [5.74, 6) is 0.590. The molecular formula is C22H23F2N3O4. The third kappa shape index (κ3) is 4.04. The topological polar surface area (TPSA) is 75.5 Å². The van der Waals surface area contributed by atoms with Gasteiger partial charge >= 0.3 is 5.97 Å². The third-order valence-electron chi connectivity index (χ3n) is 5.22. The number of pyridine rings is 1. The van der Waals surface area contributed by atoms with Gasteiger partial charge in [0.05, 0.1) is 37.6 Å². The lowest BCUT2D eigenvalue weighted by atomic mass is 10.0. The lowest BCUT2D eigenvalue weighted by Crippen LogP contribution is -2.15. The molecule has 0 N–H and O–H groups in total. The second-order valence-corrected chi connectivity index (χ2v) is 7.29. The van der Waals surface area contributed by atoms with Crippen molar-refractivity contribution in [1.29, 1.82) is 0 Å². The number of methoxy groups -OCH3 is 2. The molecule has 4 rings (SSSR count). The largest absolute Gasteiger partial charge is 0.493 e. The van der Waals surface area contributed by atoms with Crippen molar-refractivity contribution in [1.82, 2.24) is 14.8 Å². The maximum Gasteiger partial charge on any atom is 0.327 e. The summed E-state index contributed by atoms with van der Waals surface area (Å²) in [6.45, 7) is 1.74. The Morgan fingerprint density at radius 2 is 1.94 bits per heavy atom. The molecule has 164 valence electrons. The molecule has 0 spiro atoms. The SMILES string of the molecule is CCOC(=O)Cn1nc(C2CC2)c2c(C(F)F)cc(-c3ccc(OC)c(OC)c3)nc21. The molecule has 1 fully saturated rings. The number of benzene rings is 1. The van der Waals surface area contributed by atoms with Crippen molar-refractivity contribution in [2.75, 3.05) is 20.8 Å². The first-order chi connectivity index (χ1) is 15.0. The average Bonchev–Trinajstić information content (AvgIpc) is 3.55. The van der Waals surface area contributed by atoms with Crippen LogP contribution in [0.25, 0.3) is 22.3 Å². The number of halogens is 2. The maximum atomic E-state index is 14.1. The summed E-state index contributed by atoms with van der Waals surface area (Å²) in [4.78, 5) is 16.7. The molecule has 1 aromatic carbocycles. The lowest BCUT2D eigenvalue weighted by molar-refractivity contribution is -0.143. The minimum absolute atomic E-state index is 0.108. The van der Waals surface area contributed by atoms with Crippen molar-refractivity contribution >= 4 is 17.0 Å². The van der Waals surface area contributed by atoms with Crippen molar-refractivity contribution in [3.05, 3.63) is 35.5 Å². The Kier molecular flexibility index (Phi) is 5.75. The van der Waals surface area contributed by atoms with Gasteiger partial charge in [0.2, 0.25) is 0 Å². The van der Waals surface area contributed by atoms with Crippen LogP contribution in [0, 0.1) is 0 Å². The Balaban J connectivity index is 1.91. The Labute approximate surface area is 177 Å². The fourth-order valence-corrected chi connectivity index (χ4v) is 3.62. The molecule has 0 radical (unpaired) electrons. The minimum atomic E-state index is -2.72. The number of esters is 1. The molecule has 0 unspecified atom stereocenters. The van der Waals surface area contributed by atoms with Crippen molar-refractivity contribution < 1.29 is 27.8 Å². The van der Waals surface area contributed by atoms with Crippen LogP contribution < -0.4 is 9.47 Å². The van der Waals surface area contributed by atoms with E-state index in [0.29, 0.717) is 33.8 Å². The number of aromatic nitrogens is 3. The number of carbonyl (C=O) groups is 1. The van der Waals surface area contributed by atoms with Gasteiger partial charge in [0.15, 0.2) is 17.1 Å². The highest BCUT2D eigenvalue weighted by atomic mass is 19.3. The molecule has 9 heteroatoms.